The molecule has 162 valence electrons. The lowest BCUT2D eigenvalue weighted by molar-refractivity contribution is 0.0203. The van der Waals surface area contributed by atoms with Crippen LogP contribution in [0, 0.1) is 5.41 Å². The first-order valence-electron chi connectivity index (χ1n) is 11.4. The van der Waals surface area contributed by atoms with E-state index in [0.717, 1.165) is 41.7 Å². The number of hydrogen-bond acceptors (Lipinski definition) is 3. The van der Waals surface area contributed by atoms with Crippen molar-refractivity contribution in [2.75, 3.05) is 26.7 Å². The van der Waals surface area contributed by atoms with Gasteiger partial charge in [0.25, 0.3) is 0 Å². The molecule has 2 aromatic rings. The van der Waals surface area contributed by atoms with Crippen molar-refractivity contribution in [3.05, 3.63) is 42.0 Å². The van der Waals surface area contributed by atoms with Gasteiger partial charge in [-0.25, -0.2) is 0 Å². The molecule has 0 amide bonds. The smallest absolute Gasteiger partial charge is 0.126 e. The molecular weight excluding hydrogens is 358 g/mol. The monoisotopic (exact) mass is 399 g/mol. The number of benzene rings is 2. The van der Waals surface area contributed by atoms with Crippen LogP contribution >= 0.6 is 0 Å². The van der Waals surface area contributed by atoms with Crippen LogP contribution in [0.15, 0.2) is 36.4 Å². The van der Waals surface area contributed by atoms with Crippen LogP contribution < -0.4 is 4.74 Å². The van der Waals surface area contributed by atoms with E-state index in [2.05, 4.69) is 44.7 Å². The third-order valence-electron chi connectivity index (χ3n) is 5.96. The number of aliphatic hydroxyl groups is 1. The van der Waals surface area contributed by atoms with E-state index < -0.39 is 6.10 Å². The van der Waals surface area contributed by atoms with Crippen LogP contribution in [0.2, 0.25) is 0 Å². The molecule has 0 heterocycles. The van der Waals surface area contributed by atoms with E-state index in [1.54, 1.807) is 7.11 Å². The highest BCUT2D eigenvalue weighted by Crippen LogP contribution is 2.39. The minimum atomic E-state index is -0.529. The molecule has 0 aliphatic rings. The summed E-state index contributed by atoms with van der Waals surface area (Å²) in [7, 11) is 1.70. The Morgan fingerprint density at radius 3 is 2.03 bits per heavy atom. The fourth-order valence-electron chi connectivity index (χ4n) is 4.24. The Hall–Kier alpha value is -1.58. The fourth-order valence-corrected chi connectivity index (χ4v) is 4.24. The van der Waals surface area contributed by atoms with E-state index in [9.17, 15) is 5.11 Å². The Bertz CT molecular complexity index is 731. The number of aliphatic hydroxyl groups excluding tert-OH is 1. The molecule has 2 aromatic carbocycles. The average Bonchev–Trinajstić information content (AvgIpc) is 2.72. The summed E-state index contributed by atoms with van der Waals surface area (Å²) in [6.07, 6.45) is 6.98. The van der Waals surface area contributed by atoms with Gasteiger partial charge in [0.15, 0.2) is 0 Å². The van der Waals surface area contributed by atoms with Crippen LogP contribution in [0.25, 0.3) is 10.8 Å². The lowest BCUT2D eigenvalue weighted by Crippen LogP contribution is -2.39. The highest BCUT2D eigenvalue weighted by atomic mass is 16.5. The van der Waals surface area contributed by atoms with E-state index in [1.165, 1.54) is 38.5 Å². The van der Waals surface area contributed by atoms with Gasteiger partial charge in [-0.1, -0.05) is 83.7 Å². The molecule has 0 unspecified atom stereocenters. The Morgan fingerprint density at radius 1 is 0.897 bits per heavy atom. The first kappa shape index (κ1) is 23.7. The molecule has 0 spiro atoms. The number of fused-ring (bicyclic) bond motifs is 1. The predicted molar refractivity (Wildman–Crippen MR) is 125 cm³/mol. The maximum absolute atomic E-state index is 11.4. The molecule has 0 aliphatic heterocycles. The maximum Gasteiger partial charge on any atom is 0.126 e. The summed E-state index contributed by atoms with van der Waals surface area (Å²) < 4.78 is 5.53. The zero-order chi connectivity index (χ0) is 21.3. The first-order valence-corrected chi connectivity index (χ1v) is 11.4. The Balaban J connectivity index is 2.22. The van der Waals surface area contributed by atoms with Crippen LogP contribution in [0.4, 0.5) is 0 Å². The summed E-state index contributed by atoms with van der Waals surface area (Å²) in [5.41, 5.74) is 0.754. The van der Waals surface area contributed by atoms with Gasteiger partial charge in [0.1, 0.15) is 5.75 Å². The van der Waals surface area contributed by atoms with Crippen molar-refractivity contribution < 1.29 is 9.84 Å². The van der Waals surface area contributed by atoms with Gasteiger partial charge in [-0.15, -0.1) is 0 Å². The van der Waals surface area contributed by atoms with Crippen molar-refractivity contribution in [3.8, 4) is 5.75 Å². The van der Waals surface area contributed by atoms with E-state index in [0.29, 0.717) is 0 Å². The summed E-state index contributed by atoms with van der Waals surface area (Å²) in [6.45, 7) is 12.1. The number of hydrogen-bond donors (Lipinski definition) is 1. The largest absolute Gasteiger partial charge is 0.496 e. The molecule has 0 saturated heterocycles. The zero-order valence-corrected chi connectivity index (χ0v) is 19.2. The van der Waals surface area contributed by atoms with E-state index >= 15 is 0 Å². The minimum absolute atomic E-state index is 0.240. The quantitative estimate of drug-likeness (QED) is 0.386. The third kappa shape index (κ3) is 6.45. The molecule has 1 N–H and O–H groups in total. The Morgan fingerprint density at radius 2 is 1.48 bits per heavy atom. The van der Waals surface area contributed by atoms with Gasteiger partial charge in [-0.05, 0) is 42.9 Å². The van der Waals surface area contributed by atoms with E-state index in [4.69, 9.17) is 4.74 Å². The van der Waals surface area contributed by atoms with Crippen molar-refractivity contribution in [1.82, 2.24) is 4.90 Å². The topological polar surface area (TPSA) is 32.7 Å². The number of rotatable bonds is 13. The standard InChI is InChI=1S/C26H41NO2/c1-6-8-12-18-27(19-13-9-7-2)20-26(3,4)25(28)23-16-17-24(29-5)22-15-11-10-14-21(22)23/h10-11,14-17,25,28H,6-9,12-13,18-20H2,1-5H3/t25-/m1/s1. The van der Waals surface area contributed by atoms with Gasteiger partial charge < -0.3 is 14.7 Å². The zero-order valence-electron chi connectivity index (χ0n) is 19.2. The molecule has 0 aliphatic carbocycles. The Kier molecular flexibility index (Phi) is 9.45. The predicted octanol–water partition coefficient (Wildman–Crippen LogP) is 6.59. The average molecular weight is 400 g/mol. The summed E-state index contributed by atoms with van der Waals surface area (Å²) in [6, 6.07) is 12.2. The summed E-state index contributed by atoms with van der Waals surface area (Å²) >= 11 is 0. The van der Waals surface area contributed by atoms with Crippen molar-refractivity contribution in [2.24, 2.45) is 5.41 Å². The van der Waals surface area contributed by atoms with Crippen molar-refractivity contribution >= 4 is 10.8 Å². The second kappa shape index (κ2) is 11.6. The summed E-state index contributed by atoms with van der Waals surface area (Å²) in [4.78, 5) is 2.57. The summed E-state index contributed by atoms with van der Waals surface area (Å²) in [5.74, 6) is 0.857. The molecule has 2 rings (SSSR count). The molecular formula is C26H41NO2. The molecule has 0 fully saturated rings. The van der Waals surface area contributed by atoms with E-state index in [1.807, 2.05) is 24.3 Å². The highest BCUT2D eigenvalue weighted by molar-refractivity contribution is 5.91. The lowest BCUT2D eigenvalue weighted by Gasteiger charge is -2.37. The van der Waals surface area contributed by atoms with Crippen LogP contribution in [0.1, 0.15) is 77.9 Å². The number of nitrogens with zero attached hydrogens (tertiary/aromatic N) is 1. The van der Waals surface area contributed by atoms with Crippen molar-refractivity contribution in [3.63, 3.8) is 0 Å². The molecule has 29 heavy (non-hydrogen) atoms. The second-order valence-corrected chi connectivity index (χ2v) is 8.98. The molecule has 0 aromatic heterocycles. The van der Waals surface area contributed by atoms with Crippen LogP contribution in [-0.4, -0.2) is 36.8 Å². The molecule has 3 heteroatoms. The maximum atomic E-state index is 11.4. The lowest BCUT2D eigenvalue weighted by atomic mass is 9.80. The summed E-state index contributed by atoms with van der Waals surface area (Å²) in [5, 5.41) is 13.6. The molecule has 3 nitrogen and oxygen atoms in total. The van der Waals surface area contributed by atoms with Crippen LogP contribution in [0.3, 0.4) is 0 Å². The molecule has 0 bridgehead atoms. The van der Waals surface area contributed by atoms with Gasteiger partial charge >= 0.3 is 0 Å². The SMILES string of the molecule is CCCCCN(CCCCC)CC(C)(C)[C@H](O)c1ccc(OC)c2ccccc12. The van der Waals surface area contributed by atoms with E-state index in [-0.39, 0.29) is 5.41 Å². The molecule has 1 atom stereocenters. The number of methoxy groups -OCH3 is 1. The number of ether oxygens (including phenoxy) is 1. The highest BCUT2D eigenvalue weighted by Gasteiger charge is 2.32. The van der Waals surface area contributed by atoms with Gasteiger partial charge in [0, 0.05) is 17.3 Å². The second-order valence-electron chi connectivity index (χ2n) is 8.98. The normalized spacial score (nSPS) is 13.2. The third-order valence-corrected chi connectivity index (χ3v) is 5.96. The van der Waals surface area contributed by atoms with Crippen LogP contribution in [0.5, 0.6) is 5.75 Å². The number of unbranched alkanes of at least 4 members (excludes halogenated alkanes) is 4. The van der Waals surface area contributed by atoms with Crippen molar-refractivity contribution in [1.29, 1.82) is 0 Å². The fraction of sp³-hybridized carbons (Fsp3) is 0.615. The minimum Gasteiger partial charge on any atom is -0.496 e. The molecule has 0 radical (unpaired) electrons. The van der Waals surface area contributed by atoms with Gasteiger partial charge in [-0.2, -0.15) is 0 Å². The van der Waals surface area contributed by atoms with Gasteiger partial charge in [-0.3, -0.25) is 0 Å². The van der Waals surface area contributed by atoms with Crippen LogP contribution in [-0.2, 0) is 0 Å². The molecule has 0 saturated carbocycles. The first-order chi connectivity index (χ1) is 13.9. The van der Waals surface area contributed by atoms with Gasteiger partial charge in [0.05, 0.1) is 13.2 Å². The van der Waals surface area contributed by atoms with Gasteiger partial charge in [0.2, 0.25) is 0 Å². The Labute approximate surface area is 178 Å². The van der Waals surface area contributed by atoms with Crippen molar-refractivity contribution in [2.45, 2.75) is 72.3 Å².